The monoisotopic (exact) mass is 348 g/mol. The number of aryl methyl sites for hydroxylation is 2. The van der Waals surface area contributed by atoms with Gasteiger partial charge in [-0.05, 0) is 36.1 Å². The van der Waals surface area contributed by atoms with E-state index in [2.05, 4.69) is 47.3 Å². The third-order valence-electron chi connectivity index (χ3n) is 4.24. The molecule has 3 aromatic rings. The van der Waals surface area contributed by atoms with Crippen LogP contribution in [0.5, 0.6) is 0 Å². The van der Waals surface area contributed by atoms with Gasteiger partial charge in [0.15, 0.2) is 5.96 Å². The second-order valence-electron chi connectivity index (χ2n) is 5.99. The Bertz CT molecular complexity index is 862. The molecular weight excluding hydrogens is 324 g/mol. The number of benzene rings is 2. The van der Waals surface area contributed by atoms with Gasteiger partial charge in [-0.1, -0.05) is 50.2 Å². The van der Waals surface area contributed by atoms with Gasteiger partial charge in [-0.2, -0.15) is 0 Å². The lowest BCUT2D eigenvalue weighted by atomic mass is 10.0. The van der Waals surface area contributed by atoms with E-state index in [1.807, 2.05) is 30.3 Å². The van der Waals surface area contributed by atoms with Gasteiger partial charge >= 0.3 is 0 Å². The molecule has 3 N–H and O–H groups in total. The quantitative estimate of drug-likeness (QED) is 0.511. The zero-order chi connectivity index (χ0) is 18.4. The predicted molar refractivity (Wildman–Crippen MR) is 106 cm³/mol. The zero-order valence-corrected chi connectivity index (χ0v) is 15.2. The summed E-state index contributed by atoms with van der Waals surface area (Å²) in [7, 11) is 0. The molecule has 0 saturated heterocycles. The molecule has 26 heavy (non-hydrogen) atoms. The van der Waals surface area contributed by atoms with Gasteiger partial charge in [0.1, 0.15) is 12.0 Å². The number of oxazole rings is 1. The van der Waals surface area contributed by atoms with Crippen molar-refractivity contribution in [1.82, 2.24) is 4.98 Å². The van der Waals surface area contributed by atoms with Crippen LogP contribution in [-0.2, 0) is 19.4 Å². The molecule has 0 saturated carbocycles. The first-order valence-corrected chi connectivity index (χ1v) is 8.88. The topological polar surface area (TPSA) is 76.4 Å². The van der Waals surface area contributed by atoms with Crippen molar-refractivity contribution in [3.63, 3.8) is 0 Å². The smallest absolute Gasteiger partial charge is 0.226 e. The SMILES string of the molecule is CCc1cccc(CC)c1NC(N)=NCc1coc(-c2ccccc2)n1. The van der Waals surface area contributed by atoms with E-state index in [1.165, 1.54) is 11.1 Å². The third kappa shape index (κ3) is 4.11. The molecule has 2 aromatic carbocycles. The molecule has 0 aliphatic rings. The molecule has 0 amide bonds. The number of nitrogens with zero attached hydrogens (tertiary/aromatic N) is 2. The minimum Gasteiger partial charge on any atom is -0.444 e. The molecule has 0 bridgehead atoms. The van der Waals surface area contributed by atoms with Crippen molar-refractivity contribution in [3.05, 3.63) is 71.6 Å². The summed E-state index contributed by atoms with van der Waals surface area (Å²) in [6, 6.07) is 16.1. The lowest BCUT2D eigenvalue weighted by Crippen LogP contribution is -2.24. The Hall–Kier alpha value is -3.08. The van der Waals surface area contributed by atoms with Gasteiger partial charge in [0.2, 0.25) is 5.89 Å². The summed E-state index contributed by atoms with van der Waals surface area (Å²) >= 11 is 0. The predicted octanol–water partition coefficient (Wildman–Crippen LogP) is 4.39. The lowest BCUT2D eigenvalue weighted by Gasteiger charge is -2.14. The maximum Gasteiger partial charge on any atom is 0.226 e. The Morgan fingerprint density at radius 1 is 1.04 bits per heavy atom. The van der Waals surface area contributed by atoms with E-state index < -0.39 is 0 Å². The fourth-order valence-electron chi connectivity index (χ4n) is 2.83. The van der Waals surface area contributed by atoms with Crippen molar-refractivity contribution in [2.45, 2.75) is 33.2 Å². The van der Waals surface area contributed by atoms with E-state index in [4.69, 9.17) is 10.2 Å². The Labute approximate surface area is 154 Å². The summed E-state index contributed by atoms with van der Waals surface area (Å²) in [6.45, 7) is 4.63. The van der Waals surface area contributed by atoms with Crippen molar-refractivity contribution in [2.24, 2.45) is 10.7 Å². The standard InChI is InChI=1S/C21H24N4O/c1-3-15-11-8-12-16(4-2)19(15)25-21(22)23-13-18-14-26-20(24-18)17-9-6-5-7-10-17/h5-12,14H,3-4,13H2,1-2H3,(H3,22,23,25). The number of anilines is 1. The Balaban J connectivity index is 1.71. The molecule has 134 valence electrons. The van der Waals surface area contributed by atoms with E-state index in [9.17, 15) is 0 Å². The summed E-state index contributed by atoms with van der Waals surface area (Å²) in [5, 5.41) is 3.26. The zero-order valence-electron chi connectivity index (χ0n) is 15.2. The molecule has 0 fully saturated rings. The van der Waals surface area contributed by atoms with E-state index in [-0.39, 0.29) is 0 Å². The Morgan fingerprint density at radius 2 is 1.73 bits per heavy atom. The average Bonchev–Trinajstić information content (AvgIpc) is 3.16. The van der Waals surface area contributed by atoms with E-state index >= 15 is 0 Å². The number of hydrogen-bond acceptors (Lipinski definition) is 3. The molecule has 3 rings (SSSR count). The Morgan fingerprint density at radius 3 is 2.38 bits per heavy atom. The number of para-hydroxylation sites is 1. The second-order valence-corrected chi connectivity index (χ2v) is 5.99. The van der Waals surface area contributed by atoms with Crippen LogP contribution in [0.4, 0.5) is 5.69 Å². The number of hydrogen-bond donors (Lipinski definition) is 2. The molecule has 0 unspecified atom stereocenters. The number of aliphatic imine (C=N–C) groups is 1. The van der Waals surface area contributed by atoms with Crippen LogP contribution in [0.15, 0.2) is 64.2 Å². The Kier molecular flexibility index (Phi) is 5.69. The van der Waals surface area contributed by atoms with Gasteiger partial charge in [-0.25, -0.2) is 9.98 Å². The molecule has 1 heterocycles. The first kappa shape index (κ1) is 17.7. The average molecular weight is 348 g/mol. The first-order valence-electron chi connectivity index (χ1n) is 8.88. The maximum atomic E-state index is 6.10. The maximum absolute atomic E-state index is 6.10. The van der Waals surface area contributed by atoms with E-state index in [0.29, 0.717) is 18.4 Å². The fourth-order valence-corrected chi connectivity index (χ4v) is 2.83. The van der Waals surface area contributed by atoms with Crippen molar-refractivity contribution < 1.29 is 4.42 Å². The van der Waals surface area contributed by atoms with Crippen LogP contribution in [0.1, 0.15) is 30.7 Å². The minimum atomic E-state index is 0.366. The van der Waals surface area contributed by atoms with Gasteiger partial charge in [0, 0.05) is 11.3 Å². The van der Waals surface area contributed by atoms with Crippen molar-refractivity contribution in [2.75, 3.05) is 5.32 Å². The highest BCUT2D eigenvalue weighted by Gasteiger charge is 2.08. The molecule has 0 aliphatic carbocycles. The van der Waals surface area contributed by atoms with Crippen molar-refractivity contribution in [3.8, 4) is 11.5 Å². The highest BCUT2D eigenvalue weighted by molar-refractivity contribution is 5.93. The highest BCUT2D eigenvalue weighted by atomic mass is 16.3. The van der Waals surface area contributed by atoms with Gasteiger partial charge in [0.05, 0.1) is 6.54 Å². The third-order valence-corrected chi connectivity index (χ3v) is 4.24. The molecule has 5 nitrogen and oxygen atoms in total. The van der Waals surface area contributed by atoms with Crippen LogP contribution in [0.2, 0.25) is 0 Å². The molecule has 0 aliphatic heterocycles. The van der Waals surface area contributed by atoms with Crippen LogP contribution in [0.25, 0.3) is 11.5 Å². The first-order chi connectivity index (χ1) is 12.7. The molecule has 5 heteroatoms. The van der Waals surface area contributed by atoms with Gasteiger partial charge < -0.3 is 15.5 Å². The molecule has 0 atom stereocenters. The summed E-state index contributed by atoms with van der Waals surface area (Å²) in [5.74, 6) is 0.969. The van der Waals surface area contributed by atoms with Crippen LogP contribution in [-0.4, -0.2) is 10.9 Å². The normalized spacial score (nSPS) is 11.5. The van der Waals surface area contributed by atoms with Crippen LogP contribution < -0.4 is 11.1 Å². The molecule has 1 aromatic heterocycles. The minimum absolute atomic E-state index is 0.366. The van der Waals surface area contributed by atoms with Crippen LogP contribution >= 0.6 is 0 Å². The van der Waals surface area contributed by atoms with E-state index in [0.717, 1.165) is 29.8 Å². The molecular formula is C21H24N4O. The molecule has 0 radical (unpaired) electrons. The van der Waals surface area contributed by atoms with Crippen LogP contribution in [0, 0.1) is 0 Å². The summed E-state index contributed by atoms with van der Waals surface area (Å²) < 4.78 is 5.53. The van der Waals surface area contributed by atoms with Gasteiger partial charge in [0.25, 0.3) is 0 Å². The highest BCUT2D eigenvalue weighted by Crippen LogP contribution is 2.22. The fraction of sp³-hybridized carbons (Fsp3) is 0.238. The summed E-state index contributed by atoms with van der Waals surface area (Å²) in [4.78, 5) is 8.88. The lowest BCUT2D eigenvalue weighted by molar-refractivity contribution is 0.572. The number of guanidine groups is 1. The number of nitrogens with one attached hydrogen (secondary N) is 1. The van der Waals surface area contributed by atoms with E-state index in [1.54, 1.807) is 6.26 Å². The summed E-state index contributed by atoms with van der Waals surface area (Å²) in [5.41, 5.74) is 11.3. The molecule has 0 spiro atoms. The number of rotatable bonds is 6. The van der Waals surface area contributed by atoms with Crippen molar-refractivity contribution >= 4 is 11.6 Å². The van der Waals surface area contributed by atoms with Gasteiger partial charge in [-0.3, -0.25) is 0 Å². The number of nitrogens with two attached hydrogens (primary N) is 1. The van der Waals surface area contributed by atoms with Crippen molar-refractivity contribution in [1.29, 1.82) is 0 Å². The van der Waals surface area contributed by atoms with Gasteiger partial charge in [-0.15, -0.1) is 0 Å². The number of aromatic nitrogens is 1. The van der Waals surface area contributed by atoms with Crippen LogP contribution in [0.3, 0.4) is 0 Å². The second kappa shape index (κ2) is 8.34. The largest absolute Gasteiger partial charge is 0.444 e. The summed E-state index contributed by atoms with van der Waals surface area (Å²) in [6.07, 6.45) is 3.50.